The van der Waals surface area contributed by atoms with Crippen LogP contribution in [0.1, 0.15) is 11.1 Å². The second-order valence-corrected chi connectivity index (χ2v) is 7.08. The summed E-state index contributed by atoms with van der Waals surface area (Å²) in [6.45, 7) is 4.34. The Morgan fingerprint density at radius 2 is 1.11 bits per heavy atom. The van der Waals surface area contributed by atoms with Crippen LogP contribution in [0.3, 0.4) is 0 Å². The van der Waals surface area contributed by atoms with Crippen LogP contribution in [-0.4, -0.2) is 0 Å². The molecule has 0 aliphatic heterocycles. The predicted molar refractivity (Wildman–Crippen MR) is 114 cm³/mol. The maximum atomic E-state index is 6.52. The quantitative estimate of drug-likeness (QED) is 0.321. The van der Waals surface area contributed by atoms with Crippen molar-refractivity contribution in [3.8, 4) is 22.3 Å². The molecule has 5 rings (SSSR count). The minimum Gasteiger partial charge on any atom is -0.455 e. The second kappa shape index (κ2) is 6.14. The zero-order chi connectivity index (χ0) is 18.4. The standard InChI is InChI=1S/C26H20O/c1-17-9-6-12-20(18(17)2)22-14-8-16-24-23-15-7-13-21(25(23)27-26(22)24)19-10-4-3-5-11-19/h3-16H,1-2H3. The van der Waals surface area contributed by atoms with Gasteiger partial charge in [-0.25, -0.2) is 0 Å². The van der Waals surface area contributed by atoms with Gasteiger partial charge in [0.15, 0.2) is 0 Å². The second-order valence-electron chi connectivity index (χ2n) is 7.08. The highest BCUT2D eigenvalue weighted by atomic mass is 16.3. The van der Waals surface area contributed by atoms with Crippen molar-refractivity contribution >= 4 is 21.9 Å². The molecule has 0 spiro atoms. The normalized spacial score (nSPS) is 11.3. The SMILES string of the molecule is Cc1cccc(-c2cccc3c2oc2c(-c4ccccc4)cccc23)c1C. The fraction of sp³-hybridized carbons (Fsp3) is 0.0769. The van der Waals surface area contributed by atoms with Crippen LogP contribution in [0.2, 0.25) is 0 Å². The fourth-order valence-electron chi connectivity index (χ4n) is 3.92. The Morgan fingerprint density at radius 3 is 1.85 bits per heavy atom. The van der Waals surface area contributed by atoms with Crippen LogP contribution in [-0.2, 0) is 0 Å². The number of rotatable bonds is 2. The molecule has 1 nitrogen and oxygen atoms in total. The van der Waals surface area contributed by atoms with E-state index in [9.17, 15) is 0 Å². The molecular weight excluding hydrogens is 328 g/mol. The molecule has 0 atom stereocenters. The number of para-hydroxylation sites is 2. The van der Waals surface area contributed by atoms with Gasteiger partial charge in [-0.05, 0) is 36.1 Å². The van der Waals surface area contributed by atoms with Crippen LogP contribution in [0.25, 0.3) is 44.2 Å². The lowest BCUT2D eigenvalue weighted by Gasteiger charge is -2.09. The van der Waals surface area contributed by atoms with Crippen LogP contribution in [0, 0.1) is 13.8 Å². The van der Waals surface area contributed by atoms with Crippen molar-refractivity contribution in [1.29, 1.82) is 0 Å². The molecule has 5 aromatic rings. The maximum absolute atomic E-state index is 6.52. The molecule has 27 heavy (non-hydrogen) atoms. The van der Waals surface area contributed by atoms with Crippen LogP contribution in [0.5, 0.6) is 0 Å². The number of furan rings is 1. The molecule has 0 N–H and O–H groups in total. The van der Waals surface area contributed by atoms with Crippen molar-refractivity contribution in [3.63, 3.8) is 0 Å². The number of benzene rings is 4. The highest BCUT2D eigenvalue weighted by molar-refractivity contribution is 6.13. The van der Waals surface area contributed by atoms with Gasteiger partial charge >= 0.3 is 0 Å². The summed E-state index contributed by atoms with van der Waals surface area (Å²) in [5, 5.41) is 2.33. The Morgan fingerprint density at radius 1 is 0.519 bits per heavy atom. The highest BCUT2D eigenvalue weighted by Crippen LogP contribution is 2.40. The Hall–Kier alpha value is -3.32. The summed E-state index contributed by atoms with van der Waals surface area (Å²) in [6, 6.07) is 29.8. The first-order chi connectivity index (χ1) is 13.2. The average molecular weight is 348 g/mol. The lowest BCUT2D eigenvalue weighted by Crippen LogP contribution is -1.87. The van der Waals surface area contributed by atoms with E-state index in [1.165, 1.54) is 33.0 Å². The van der Waals surface area contributed by atoms with Gasteiger partial charge in [0.25, 0.3) is 0 Å². The van der Waals surface area contributed by atoms with Gasteiger partial charge in [-0.1, -0.05) is 84.9 Å². The monoisotopic (exact) mass is 348 g/mol. The molecule has 0 unspecified atom stereocenters. The molecule has 4 aromatic carbocycles. The van der Waals surface area contributed by atoms with Crippen molar-refractivity contribution in [3.05, 3.63) is 96.1 Å². The van der Waals surface area contributed by atoms with Crippen LogP contribution in [0.15, 0.2) is 89.3 Å². The topological polar surface area (TPSA) is 13.1 Å². The Labute approximate surface area is 158 Å². The van der Waals surface area contributed by atoms with E-state index in [0.717, 1.165) is 22.3 Å². The molecule has 0 aliphatic carbocycles. The Bertz CT molecular complexity index is 1280. The van der Waals surface area contributed by atoms with E-state index in [1.54, 1.807) is 0 Å². The van der Waals surface area contributed by atoms with Crippen LogP contribution >= 0.6 is 0 Å². The summed E-state index contributed by atoms with van der Waals surface area (Å²) in [5.41, 5.74) is 9.22. The molecule has 0 fully saturated rings. The van der Waals surface area contributed by atoms with Crippen molar-refractivity contribution in [2.75, 3.05) is 0 Å². The van der Waals surface area contributed by atoms with Crippen molar-refractivity contribution < 1.29 is 4.42 Å². The molecule has 1 heteroatoms. The largest absolute Gasteiger partial charge is 0.455 e. The van der Waals surface area contributed by atoms with Gasteiger partial charge in [-0.3, -0.25) is 0 Å². The van der Waals surface area contributed by atoms with Gasteiger partial charge < -0.3 is 4.42 Å². The third-order valence-electron chi connectivity index (χ3n) is 5.50. The predicted octanol–water partition coefficient (Wildman–Crippen LogP) is 7.54. The van der Waals surface area contributed by atoms with E-state index < -0.39 is 0 Å². The van der Waals surface area contributed by atoms with Crippen LogP contribution in [0.4, 0.5) is 0 Å². The van der Waals surface area contributed by atoms with Gasteiger partial charge in [0.05, 0.1) is 0 Å². The molecular formula is C26H20O. The third-order valence-corrected chi connectivity index (χ3v) is 5.50. The summed E-state index contributed by atoms with van der Waals surface area (Å²) >= 11 is 0. The van der Waals surface area contributed by atoms with Crippen molar-refractivity contribution in [2.45, 2.75) is 13.8 Å². The third kappa shape index (κ3) is 2.47. The van der Waals surface area contributed by atoms with Gasteiger partial charge in [-0.15, -0.1) is 0 Å². The number of hydrogen-bond acceptors (Lipinski definition) is 1. The summed E-state index contributed by atoms with van der Waals surface area (Å²) in [5.74, 6) is 0. The Kier molecular flexibility index (Phi) is 3.61. The molecule has 0 saturated carbocycles. The average Bonchev–Trinajstić information content (AvgIpc) is 3.10. The van der Waals surface area contributed by atoms with Gasteiger partial charge in [0, 0.05) is 21.9 Å². The first-order valence-corrected chi connectivity index (χ1v) is 9.30. The van der Waals surface area contributed by atoms with Crippen molar-refractivity contribution in [2.24, 2.45) is 0 Å². The number of aryl methyl sites for hydroxylation is 1. The van der Waals surface area contributed by atoms with Gasteiger partial charge in [-0.2, -0.15) is 0 Å². The minimum atomic E-state index is 0.955. The van der Waals surface area contributed by atoms with E-state index in [2.05, 4.69) is 92.7 Å². The smallest absolute Gasteiger partial charge is 0.143 e. The molecule has 0 amide bonds. The van der Waals surface area contributed by atoms with E-state index in [-0.39, 0.29) is 0 Å². The molecule has 1 heterocycles. The van der Waals surface area contributed by atoms with E-state index in [1.807, 2.05) is 6.07 Å². The van der Waals surface area contributed by atoms with Gasteiger partial charge in [0.1, 0.15) is 11.2 Å². The number of fused-ring (bicyclic) bond motifs is 3. The first-order valence-electron chi connectivity index (χ1n) is 9.30. The molecule has 130 valence electrons. The van der Waals surface area contributed by atoms with Crippen LogP contribution < -0.4 is 0 Å². The minimum absolute atomic E-state index is 0.955. The van der Waals surface area contributed by atoms with Crippen molar-refractivity contribution in [1.82, 2.24) is 0 Å². The maximum Gasteiger partial charge on any atom is 0.143 e. The van der Waals surface area contributed by atoms with E-state index in [4.69, 9.17) is 4.42 Å². The van der Waals surface area contributed by atoms with E-state index >= 15 is 0 Å². The summed E-state index contributed by atoms with van der Waals surface area (Å²) in [4.78, 5) is 0. The summed E-state index contributed by atoms with van der Waals surface area (Å²) in [6.07, 6.45) is 0. The zero-order valence-corrected chi connectivity index (χ0v) is 15.5. The summed E-state index contributed by atoms with van der Waals surface area (Å²) < 4.78 is 6.52. The lowest BCUT2D eigenvalue weighted by atomic mass is 9.95. The van der Waals surface area contributed by atoms with E-state index in [0.29, 0.717) is 0 Å². The molecule has 1 aromatic heterocycles. The molecule has 0 saturated heterocycles. The first kappa shape index (κ1) is 15.9. The number of hydrogen-bond donors (Lipinski definition) is 0. The zero-order valence-electron chi connectivity index (χ0n) is 15.5. The van der Waals surface area contributed by atoms with Gasteiger partial charge in [0.2, 0.25) is 0 Å². The lowest BCUT2D eigenvalue weighted by molar-refractivity contribution is 0.671. The molecule has 0 radical (unpaired) electrons. The Balaban J connectivity index is 1.85. The molecule has 0 bridgehead atoms. The highest BCUT2D eigenvalue weighted by Gasteiger charge is 2.16. The summed E-state index contributed by atoms with van der Waals surface area (Å²) in [7, 11) is 0. The molecule has 0 aliphatic rings. The fourth-order valence-corrected chi connectivity index (χ4v) is 3.92.